The Labute approximate surface area is 153 Å². The first-order chi connectivity index (χ1) is 12.8. The molecule has 0 spiro atoms. The van der Waals surface area contributed by atoms with Gasteiger partial charge in [-0.05, 0) is 12.1 Å². The van der Waals surface area contributed by atoms with Crippen molar-refractivity contribution >= 4 is 17.5 Å². The van der Waals surface area contributed by atoms with Gasteiger partial charge in [-0.15, -0.1) is 5.10 Å². The fraction of sp³-hybridized carbons (Fsp3) is 0.500. The van der Waals surface area contributed by atoms with Gasteiger partial charge in [-0.1, -0.05) is 12.1 Å². The first-order valence-electron chi connectivity index (χ1n) is 9.00. The summed E-state index contributed by atoms with van der Waals surface area (Å²) in [5.74, 6) is 2.50. The van der Waals surface area contributed by atoms with Gasteiger partial charge < -0.3 is 24.2 Å². The minimum Gasteiger partial charge on any atom is -0.495 e. The molecular weight excluding hydrogens is 332 g/mol. The number of anilines is 3. The number of para-hydroxylation sites is 2. The van der Waals surface area contributed by atoms with Gasteiger partial charge in [0.05, 0.1) is 32.2 Å². The summed E-state index contributed by atoms with van der Waals surface area (Å²) in [5, 5.41) is 8.37. The van der Waals surface area contributed by atoms with Gasteiger partial charge in [-0.25, -0.2) is 0 Å². The van der Waals surface area contributed by atoms with Gasteiger partial charge in [0.2, 0.25) is 5.95 Å². The molecule has 8 nitrogen and oxygen atoms in total. The molecule has 2 aromatic rings. The van der Waals surface area contributed by atoms with E-state index in [4.69, 9.17) is 14.5 Å². The van der Waals surface area contributed by atoms with Gasteiger partial charge in [-0.3, -0.25) is 0 Å². The van der Waals surface area contributed by atoms with Crippen molar-refractivity contribution in [2.24, 2.45) is 0 Å². The first-order valence-corrected chi connectivity index (χ1v) is 9.00. The Morgan fingerprint density at radius 2 is 1.65 bits per heavy atom. The number of hydrogen-bond donors (Lipinski definition) is 0. The van der Waals surface area contributed by atoms with Crippen molar-refractivity contribution in [2.45, 2.75) is 0 Å². The Hall–Kier alpha value is -2.61. The molecule has 3 heterocycles. The molecule has 1 aromatic heterocycles. The molecule has 0 N–H and O–H groups in total. The predicted octanol–water partition coefficient (Wildman–Crippen LogP) is 1.04. The maximum absolute atomic E-state index is 5.49. The van der Waals surface area contributed by atoms with Crippen molar-refractivity contribution in [3.8, 4) is 5.75 Å². The molecule has 8 heteroatoms. The van der Waals surface area contributed by atoms with Gasteiger partial charge in [0.1, 0.15) is 5.75 Å². The van der Waals surface area contributed by atoms with E-state index in [0.717, 1.165) is 56.5 Å². The van der Waals surface area contributed by atoms with Crippen LogP contribution >= 0.6 is 0 Å². The lowest BCUT2D eigenvalue weighted by atomic mass is 10.2. The quantitative estimate of drug-likeness (QED) is 0.805. The number of rotatable bonds is 4. The second-order valence-electron chi connectivity index (χ2n) is 6.36. The van der Waals surface area contributed by atoms with Crippen LogP contribution < -0.4 is 19.4 Å². The highest BCUT2D eigenvalue weighted by molar-refractivity contribution is 5.59. The number of aromatic nitrogens is 3. The number of piperazine rings is 1. The summed E-state index contributed by atoms with van der Waals surface area (Å²) in [5.41, 5.74) is 1.14. The lowest BCUT2D eigenvalue weighted by molar-refractivity contribution is 0.122. The maximum atomic E-state index is 5.49. The molecule has 0 amide bonds. The highest BCUT2D eigenvalue weighted by atomic mass is 16.5. The molecule has 2 fully saturated rings. The molecule has 2 aliphatic heterocycles. The fourth-order valence-corrected chi connectivity index (χ4v) is 3.40. The molecule has 0 radical (unpaired) electrons. The van der Waals surface area contributed by atoms with Crippen molar-refractivity contribution in [3.63, 3.8) is 0 Å². The molecule has 2 saturated heterocycles. The zero-order valence-corrected chi connectivity index (χ0v) is 15.0. The smallest absolute Gasteiger partial charge is 0.247 e. The fourth-order valence-electron chi connectivity index (χ4n) is 3.40. The van der Waals surface area contributed by atoms with Crippen LogP contribution in [0.2, 0.25) is 0 Å². The van der Waals surface area contributed by atoms with Crippen LogP contribution in [-0.2, 0) is 4.74 Å². The largest absolute Gasteiger partial charge is 0.495 e. The van der Waals surface area contributed by atoms with Crippen LogP contribution in [0.15, 0.2) is 30.5 Å². The summed E-state index contributed by atoms with van der Waals surface area (Å²) < 4.78 is 10.9. The third-order valence-electron chi connectivity index (χ3n) is 4.86. The molecule has 0 saturated carbocycles. The summed E-state index contributed by atoms with van der Waals surface area (Å²) in [6.45, 7) is 6.66. The zero-order valence-electron chi connectivity index (χ0n) is 15.0. The van der Waals surface area contributed by atoms with E-state index in [1.807, 2.05) is 18.2 Å². The Balaban J connectivity index is 1.43. The normalized spacial score (nSPS) is 18.1. The topological polar surface area (TPSA) is 66.9 Å². The first kappa shape index (κ1) is 16.8. The van der Waals surface area contributed by atoms with E-state index in [0.29, 0.717) is 19.2 Å². The minimum absolute atomic E-state index is 0.693. The molecule has 4 rings (SSSR count). The Morgan fingerprint density at radius 3 is 2.42 bits per heavy atom. The molecule has 1 aromatic carbocycles. The summed E-state index contributed by atoms with van der Waals surface area (Å²) in [6, 6.07) is 8.16. The summed E-state index contributed by atoms with van der Waals surface area (Å²) in [4.78, 5) is 11.5. The number of nitrogens with zero attached hydrogens (tertiary/aromatic N) is 6. The van der Waals surface area contributed by atoms with E-state index in [1.54, 1.807) is 13.3 Å². The van der Waals surface area contributed by atoms with E-state index in [9.17, 15) is 0 Å². The van der Waals surface area contributed by atoms with Crippen molar-refractivity contribution in [3.05, 3.63) is 30.5 Å². The average Bonchev–Trinajstić information content (AvgIpc) is 2.74. The van der Waals surface area contributed by atoms with Gasteiger partial charge in [0, 0.05) is 39.3 Å². The summed E-state index contributed by atoms with van der Waals surface area (Å²) in [7, 11) is 1.72. The van der Waals surface area contributed by atoms with Crippen LogP contribution in [0, 0.1) is 0 Å². The van der Waals surface area contributed by atoms with Crippen LogP contribution in [0.5, 0.6) is 5.75 Å². The van der Waals surface area contributed by atoms with Crippen molar-refractivity contribution in [1.29, 1.82) is 0 Å². The molecule has 0 unspecified atom stereocenters. The number of benzene rings is 1. The highest BCUT2D eigenvalue weighted by Crippen LogP contribution is 2.29. The minimum atomic E-state index is 0.693. The molecule has 2 aliphatic rings. The molecule has 0 bridgehead atoms. The lowest BCUT2D eigenvalue weighted by Gasteiger charge is -2.37. The molecule has 26 heavy (non-hydrogen) atoms. The summed E-state index contributed by atoms with van der Waals surface area (Å²) in [6.07, 6.45) is 1.75. The van der Waals surface area contributed by atoms with E-state index in [-0.39, 0.29) is 0 Å². The van der Waals surface area contributed by atoms with Crippen molar-refractivity contribution in [1.82, 2.24) is 15.2 Å². The monoisotopic (exact) mass is 356 g/mol. The second-order valence-corrected chi connectivity index (χ2v) is 6.36. The van der Waals surface area contributed by atoms with E-state index in [1.165, 1.54) is 0 Å². The molecule has 0 aliphatic carbocycles. The lowest BCUT2D eigenvalue weighted by Crippen LogP contribution is -2.47. The molecule has 0 atom stereocenters. The van der Waals surface area contributed by atoms with Crippen LogP contribution in [0.4, 0.5) is 17.5 Å². The van der Waals surface area contributed by atoms with E-state index < -0.39 is 0 Å². The molecular formula is C18H24N6O2. The Bertz CT molecular complexity index is 729. The van der Waals surface area contributed by atoms with Gasteiger partial charge >= 0.3 is 0 Å². The zero-order chi connectivity index (χ0) is 17.8. The highest BCUT2D eigenvalue weighted by Gasteiger charge is 2.22. The Morgan fingerprint density at radius 1 is 0.923 bits per heavy atom. The number of hydrogen-bond acceptors (Lipinski definition) is 8. The van der Waals surface area contributed by atoms with E-state index in [2.05, 4.69) is 31.0 Å². The number of morpholine rings is 1. The van der Waals surface area contributed by atoms with Crippen LogP contribution in [-0.4, -0.2) is 74.8 Å². The third kappa shape index (κ3) is 3.50. The third-order valence-corrected chi connectivity index (χ3v) is 4.86. The Kier molecular flexibility index (Phi) is 5.01. The van der Waals surface area contributed by atoms with Crippen LogP contribution in [0.1, 0.15) is 0 Å². The van der Waals surface area contributed by atoms with Crippen molar-refractivity contribution in [2.75, 3.05) is 74.3 Å². The second kappa shape index (κ2) is 7.74. The summed E-state index contributed by atoms with van der Waals surface area (Å²) >= 11 is 0. The standard InChI is InChI=1S/C18H24N6O2/c1-25-16-5-3-2-4-15(16)22-6-8-23(9-7-22)17-14-19-21-18(20-17)24-10-12-26-13-11-24/h2-5,14H,6-13H2,1H3. The SMILES string of the molecule is COc1ccccc1N1CCN(c2cnnc(N3CCOCC3)n2)CC1. The van der Waals surface area contributed by atoms with Crippen molar-refractivity contribution < 1.29 is 9.47 Å². The van der Waals surface area contributed by atoms with Crippen LogP contribution in [0.3, 0.4) is 0 Å². The van der Waals surface area contributed by atoms with Gasteiger partial charge in [0.15, 0.2) is 5.82 Å². The number of ether oxygens (including phenoxy) is 2. The van der Waals surface area contributed by atoms with Gasteiger partial charge in [0.25, 0.3) is 0 Å². The average molecular weight is 356 g/mol. The molecule has 138 valence electrons. The van der Waals surface area contributed by atoms with Crippen LogP contribution in [0.25, 0.3) is 0 Å². The van der Waals surface area contributed by atoms with Gasteiger partial charge in [-0.2, -0.15) is 10.1 Å². The predicted molar refractivity (Wildman–Crippen MR) is 100 cm³/mol. The maximum Gasteiger partial charge on any atom is 0.247 e. The van der Waals surface area contributed by atoms with E-state index >= 15 is 0 Å². The number of methoxy groups -OCH3 is 1.